The summed E-state index contributed by atoms with van der Waals surface area (Å²) < 4.78 is 5.66. The summed E-state index contributed by atoms with van der Waals surface area (Å²) in [5.41, 5.74) is 0. The first kappa shape index (κ1) is 15.9. The van der Waals surface area contributed by atoms with E-state index < -0.39 is 0 Å². The highest BCUT2D eigenvalue weighted by Crippen LogP contribution is 2.31. The number of thiophene rings is 1. The third-order valence-electron chi connectivity index (χ3n) is 4.68. The molecule has 3 aliphatic rings. The third kappa shape index (κ3) is 3.41. The monoisotopic (exact) mass is 363 g/mol. The summed E-state index contributed by atoms with van der Waals surface area (Å²) in [6.07, 6.45) is 3.96. The van der Waals surface area contributed by atoms with Crippen molar-refractivity contribution in [2.45, 2.75) is 18.9 Å². The number of rotatable bonds is 4. The fourth-order valence-corrected chi connectivity index (χ4v) is 4.33. The Labute approximate surface area is 149 Å². The van der Waals surface area contributed by atoms with Gasteiger partial charge in [-0.2, -0.15) is 0 Å². The van der Waals surface area contributed by atoms with E-state index in [1.807, 2.05) is 0 Å². The smallest absolute Gasteiger partial charge is 0.261 e. The van der Waals surface area contributed by atoms with Gasteiger partial charge in [-0.25, -0.2) is 4.98 Å². The van der Waals surface area contributed by atoms with Crippen molar-refractivity contribution >= 4 is 28.8 Å². The highest BCUT2D eigenvalue weighted by Gasteiger charge is 2.35. The van der Waals surface area contributed by atoms with Crippen LogP contribution in [0.15, 0.2) is 30.5 Å². The highest BCUT2D eigenvalue weighted by atomic mass is 35.5. The van der Waals surface area contributed by atoms with E-state index in [-0.39, 0.29) is 11.9 Å². The van der Waals surface area contributed by atoms with Gasteiger partial charge in [0.05, 0.1) is 4.88 Å². The number of amides is 1. The number of carbonyl (C=O) groups excluding carboxylic acids is 1. The lowest BCUT2D eigenvalue weighted by Gasteiger charge is -2.44. The number of pyridine rings is 1. The molecule has 0 saturated carbocycles. The van der Waals surface area contributed by atoms with Crippen LogP contribution in [0.2, 0.25) is 5.02 Å². The van der Waals surface area contributed by atoms with E-state index in [9.17, 15) is 4.79 Å². The Morgan fingerprint density at radius 2 is 2.17 bits per heavy atom. The zero-order chi connectivity index (χ0) is 16.5. The number of carbonyl (C=O) groups is 1. The largest absolute Gasteiger partial charge is 0.428 e. The molecular weight excluding hydrogens is 346 g/mol. The summed E-state index contributed by atoms with van der Waals surface area (Å²) in [6, 6.07) is 7.19. The number of nitrogens with one attached hydrogen (secondary N) is 1. The number of ether oxygens (including phenoxy) is 1. The Morgan fingerprint density at radius 3 is 2.88 bits per heavy atom. The predicted octanol–water partition coefficient (Wildman–Crippen LogP) is 3.41. The molecule has 5 heterocycles. The lowest BCUT2D eigenvalue weighted by molar-refractivity contribution is 0.0622. The average molecular weight is 364 g/mol. The Balaban J connectivity index is 1.40. The normalized spacial score (nSPS) is 25.5. The molecular formula is C17H18ClN3O2S. The predicted molar refractivity (Wildman–Crippen MR) is 94.1 cm³/mol. The molecule has 3 saturated heterocycles. The van der Waals surface area contributed by atoms with Crippen LogP contribution in [-0.2, 0) is 0 Å². The van der Waals surface area contributed by atoms with Crippen molar-refractivity contribution in [3.05, 3.63) is 40.4 Å². The number of aromatic nitrogens is 1. The molecule has 7 heteroatoms. The van der Waals surface area contributed by atoms with Gasteiger partial charge in [0.15, 0.2) is 5.06 Å². The fraction of sp³-hybridized carbons (Fsp3) is 0.412. The first-order chi connectivity index (χ1) is 11.7. The number of halogens is 1. The zero-order valence-electron chi connectivity index (χ0n) is 13.1. The Hall–Kier alpha value is -1.63. The minimum atomic E-state index is -0.0207. The summed E-state index contributed by atoms with van der Waals surface area (Å²) in [5.74, 6) is 1.02. The summed E-state index contributed by atoms with van der Waals surface area (Å²) in [5, 5.41) is 4.39. The third-order valence-corrected chi connectivity index (χ3v) is 5.88. The topological polar surface area (TPSA) is 54.5 Å². The summed E-state index contributed by atoms with van der Waals surface area (Å²) in [4.78, 5) is 19.7. The van der Waals surface area contributed by atoms with Gasteiger partial charge in [0.25, 0.3) is 5.91 Å². The SMILES string of the molecule is O=C(N[C@H]1CN2CCC1CC2)c1ccc(Oc2cc(Cl)ccn2)s1. The molecule has 3 aliphatic heterocycles. The van der Waals surface area contributed by atoms with Gasteiger partial charge >= 0.3 is 0 Å². The van der Waals surface area contributed by atoms with Gasteiger partial charge in [-0.1, -0.05) is 22.9 Å². The van der Waals surface area contributed by atoms with Gasteiger partial charge in [-0.3, -0.25) is 4.79 Å². The average Bonchev–Trinajstić information content (AvgIpc) is 3.05. The Kier molecular flexibility index (Phi) is 4.43. The molecule has 3 fully saturated rings. The number of nitrogens with zero attached hydrogens (tertiary/aromatic N) is 2. The highest BCUT2D eigenvalue weighted by molar-refractivity contribution is 7.15. The summed E-state index contributed by atoms with van der Waals surface area (Å²) >= 11 is 7.24. The van der Waals surface area contributed by atoms with Crippen molar-refractivity contribution in [3.8, 4) is 10.9 Å². The van der Waals surface area contributed by atoms with E-state index in [1.54, 1.807) is 30.5 Å². The molecule has 126 valence electrons. The number of hydrogen-bond donors (Lipinski definition) is 1. The minimum Gasteiger partial charge on any atom is -0.428 e. The van der Waals surface area contributed by atoms with E-state index in [0.29, 0.717) is 26.8 Å². The number of fused-ring (bicyclic) bond motifs is 3. The van der Waals surface area contributed by atoms with Crippen LogP contribution in [0.3, 0.4) is 0 Å². The van der Waals surface area contributed by atoms with Gasteiger partial charge in [0.1, 0.15) is 0 Å². The standard InChI is InChI=1S/C17H18ClN3O2S/c18-12-3-6-19-15(9-12)23-16-2-1-14(24-16)17(22)20-13-10-21-7-4-11(13)5-8-21/h1-3,6,9,11,13H,4-5,7-8,10H2,(H,20,22)/t13-/m0/s1. The molecule has 24 heavy (non-hydrogen) atoms. The van der Waals surface area contributed by atoms with Crippen molar-refractivity contribution in [3.63, 3.8) is 0 Å². The second kappa shape index (κ2) is 6.70. The maximum absolute atomic E-state index is 12.5. The molecule has 1 N–H and O–H groups in total. The van der Waals surface area contributed by atoms with E-state index in [0.717, 1.165) is 6.54 Å². The van der Waals surface area contributed by atoms with Crippen LogP contribution in [-0.4, -0.2) is 41.5 Å². The van der Waals surface area contributed by atoms with Crippen molar-refractivity contribution < 1.29 is 9.53 Å². The van der Waals surface area contributed by atoms with Gasteiger partial charge in [-0.15, -0.1) is 0 Å². The minimum absolute atomic E-state index is 0.0207. The first-order valence-electron chi connectivity index (χ1n) is 8.10. The molecule has 0 radical (unpaired) electrons. The van der Waals surface area contributed by atoms with Crippen LogP contribution in [0, 0.1) is 5.92 Å². The molecule has 5 nitrogen and oxygen atoms in total. The lowest BCUT2D eigenvalue weighted by Crippen LogP contribution is -2.57. The van der Waals surface area contributed by atoms with Crippen LogP contribution in [0.1, 0.15) is 22.5 Å². The van der Waals surface area contributed by atoms with E-state index in [2.05, 4.69) is 15.2 Å². The van der Waals surface area contributed by atoms with Crippen LogP contribution in [0.25, 0.3) is 0 Å². The number of hydrogen-bond acceptors (Lipinski definition) is 5. The van der Waals surface area contributed by atoms with E-state index in [4.69, 9.17) is 16.3 Å². The molecule has 0 unspecified atom stereocenters. The molecule has 2 aromatic heterocycles. The van der Waals surface area contributed by atoms with Gasteiger partial charge in [0.2, 0.25) is 5.88 Å². The van der Waals surface area contributed by atoms with Crippen molar-refractivity contribution in [1.29, 1.82) is 0 Å². The molecule has 0 aliphatic carbocycles. The van der Waals surface area contributed by atoms with E-state index >= 15 is 0 Å². The molecule has 0 aromatic carbocycles. The molecule has 5 rings (SSSR count). The van der Waals surface area contributed by atoms with Crippen molar-refractivity contribution in [2.24, 2.45) is 5.92 Å². The second-order valence-corrected chi connectivity index (χ2v) is 7.73. The van der Waals surface area contributed by atoms with Gasteiger partial charge in [0, 0.05) is 29.9 Å². The van der Waals surface area contributed by atoms with Crippen LogP contribution in [0.4, 0.5) is 0 Å². The quantitative estimate of drug-likeness (QED) is 0.904. The molecule has 1 amide bonds. The summed E-state index contributed by atoms with van der Waals surface area (Å²) in [6.45, 7) is 3.30. The van der Waals surface area contributed by atoms with Crippen molar-refractivity contribution in [2.75, 3.05) is 19.6 Å². The lowest BCUT2D eigenvalue weighted by atomic mass is 9.84. The zero-order valence-corrected chi connectivity index (χ0v) is 14.6. The molecule has 2 aromatic rings. The first-order valence-corrected chi connectivity index (χ1v) is 9.29. The van der Waals surface area contributed by atoms with Crippen LogP contribution in [0.5, 0.6) is 10.9 Å². The number of piperidine rings is 3. The summed E-state index contributed by atoms with van der Waals surface area (Å²) in [7, 11) is 0. The van der Waals surface area contributed by atoms with Gasteiger partial charge < -0.3 is 15.0 Å². The second-order valence-electron chi connectivity index (χ2n) is 6.25. The molecule has 2 bridgehead atoms. The maximum Gasteiger partial charge on any atom is 0.261 e. The van der Waals surface area contributed by atoms with Crippen LogP contribution >= 0.6 is 22.9 Å². The van der Waals surface area contributed by atoms with Crippen molar-refractivity contribution in [1.82, 2.24) is 15.2 Å². The Bertz CT molecular complexity index is 743. The molecule has 1 atom stereocenters. The molecule has 0 spiro atoms. The van der Waals surface area contributed by atoms with E-state index in [1.165, 1.54) is 37.3 Å². The van der Waals surface area contributed by atoms with Crippen LogP contribution < -0.4 is 10.1 Å². The van der Waals surface area contributed by atoms with Gasteiger partial charge in [-0.05, 0) is 50.0 Å². The maximum atomic E-state index is 12.5. The Morgan fingerprint density at radius 1 is 1.33 bits per heavy atom. The fourth-order valence-electron chi connectivity index (χ4n) is 3.41.